The molecule has 0 bridgehead atoms. The summed E-state index contributed by atoms with van der Waals surface area (Å²) < 4.78 is 0. The van der Waals surface area contributed by atoms with Crippen LogP contribution in [0.25, 0.3) is 6.08 Å². The topological polar surface area (TPSA) is 57.6 Å². The summed E-state index contributed by atoms with van der Waals surface area (Å²) >= 11 is 5.98. The smallest absolute Gasteiger partial charge is 0.308 e. The molecule has 1 aliphatic rings. The molecule has 6 heteroatoms. The number of carbonyl (C=O) groups excluding carboxylic acids is 1. The molecule has 1 aliphatic heterocycles. The van der Waals surface area contributed by atoms with Crippen molar-refractivity contribution < 1.29 is 14.7 Å². The average Bonchev–Trinajstić information content (AvgIpc) is 2.87. The average molecular weight is 316 g/mol. The van der Waals surface area contributed by atoms with Crippen LogP contribution in [0.5, 0.6) is 0 Å². The van der Waals surface area contributed by atoms with Crippen molar-refractivity contribution in [2.75, 3.05) is 13.1 Å². The second kappa shape index (κ2) is 7.31. The standard InChI is InChI=1S/C14H14ClNO3.ClH/c15-12-4-2-1-3-10(12)5-6-13(17)16-8-7-11(9-16)14(18)19;/h1-6,11H,7-9H2,(H,18,19);1H/b6-5+;. The highest BCUT2D eigenvalue weighted by atomic mass is 35.5. The number of carboxylic acid groups (broad SMARTS) is 1. The van der Waals surface area contributed by atoms with Crippen LogP contribution >= 0.6 is 24.0 Å². The minimum Gasteiger partial charge on any atom is -0.481 e. The van der Waals surface area contributed by atoms with E-state index in [1.165, 1.54) is 6.08 Å². The monoisotopic (exact) mass is 315 g/mol. The zero-order valence-electron chi connectivity index (χ0n) is 10.7. The summed E-state index contributed by atoms with van der Waals surface area (Å²) in [7, 11) is 0. The Labute approximate surface area is 128 Å². The number of nitrogens with zero attached hydrogens (tertiary/aromatic N) is 1. The van der Waals surface area contributed by atoms with Crippen LogP contribution in [0, 0.1) is 5.92 Å². The number of carboxylic acids is 1. The first-order valence-electron chi connectivity index (χ1n) is 6.02. The number of hydrogen-bond acceptors (Lipinski definition) is 2. The number of aliphatic carboxylic acids is 1. The molecule has 1 N–H and O–H groups in total. The quantitative estimate of drug-likeness (QED) is 0.872. The van der Waals surface area contributed by atoms with Gasteiger partial charge in [-0.05, 0) is 24.1 Å². The molecule has 1 saturated heterocycles. The van der Waals surface area contributed by atoms with Crippen LogP contribution in [0.3, 0.4) is 0 Å². The summed E-state index contributed by atoms with van der Waals surface area (Å²) in [5.41, 5.74) is 0.770. The molecule has 1 atom stereocenters. The van der Waals surface area contributed by atoms with E-state index in [2.05, 4.69) is 0 Å². The van der Waals surface area contributed by atoms with Crippen molar-refractivity contribution in [1.82, 2.24) is 4.90 Å². The normalized spacial score (nSPS) is 18.1. The Morgan fingerprint density at radius 2 is 2.05 bits per heavy atom. The second-order valence-electron chi connectivity index (χ2n) is 4.46. The number of hydrogen-bond donors (Lipinski definition) is 1. The fourth-order valence-corrected chi connectivity index (χ4v) is 2.24. The van der Waals surface area contributed by atoms with Gasteiger partial charge in [0.25, 0.3) is 0 Å². The van der Waals surface area contributed by atoms with Gasteiger partial charge in [0.05, 0.1) is 5.92 Å². The molecular formula is C14H15Cl2NO3. The molecule has 0 radical (unpaired) electrons. The number of likely N-dealkylation sites (tertiary alicyclic amines) is 1. The third kappa shape index (κ3) is 3.99. The largest absolute Gasteiger partial charge is 0.481 e. The van der Waals surface area contributed by atoms with E-state index in [9.17, 15) is 9.59 Å². The zero-order chi connectivity index (χ0) is 13.8. The lowest BCUT2D eigenvalue weighted by molar-refractivity contribution is -0.141. The van der Waals surface area contributed by atoms with E-state index in [4.69, 9.17) is 16.7 Å². The Balaban J connectivity index is 0.00000200. The van der Waals surface area contributed by atoms with E-state index < -0.39 is 11.9 Å². The van der Waals surface area contributed by atoms with Gasteiger partial charge in [0.1, 0.15) is 0 Å². The Hall–Kier alpha value is -1.52. The van der Waals surface area contributed by atoms with Gasteiger partial charge in [0, 0.05) is 24.2 Å². The summed E-state index contributed by atoms with van der Waals surface area (Å²) in [5.74, 6) is -1.47. The van der Waals surface area contributed by atoms with E-state index in [0.717, 1.165) is 5.56 Å². The van der Waals surface area contributed by atoms with E-state index in [1.807, 2.05) is 18.2 Å². The van der Waals surface area contributed by atoms with Gasteiger partial charge >= 0.3 is 5.97 Å². The van der Waals surface area contributed by atoms with Gasteiger partial charge < -0.3 is 10.0 Å². The maximum Gasteiger partial charge on any atom is 0.308 e. The fourth-order valence-electron chi connectivity index (χ4n) is 2.04. The third-order valence-corrected chi connectivity index (χ3v) is 3.50. The van der Waals surface area contributed by atoms with Crippen molar-refractivity contribution in [3.8, 4) is 0 Å². The Kier molecular flexibility index (Phi) is 6.05. The van der Waals surface area contributed by atoms with E-state index in [1.54, 1.807) is 17.0 Å². The molecule has 1 amide bonds. The summed E-state index contributed by atoms with van der Waals surface area (Å²) in [5, 5.41) is 9.46. The lowest BCUT2D eigenvalue weighted by atomic mass is 10.1. The van der Waals surface area contributed by atoms with Gasteiger partial charge in [0.15, 0.2) is 0 Å². The number of amides is 1. The first-order valence-corrected chi connectivity index (χ1v) is 6.40. The summed E-state index contributed by atoms with van der Waals surface area (Å²) in [4.78, 5) is 24.3. The van der Waals surface area contributed by atoms with Crippen LogP contribution < -0.4 is 0 Å². The highest BCUT2D eigenvalue weighted by Crippen LogP contribution is 2.19. The van der Waals surface area contributed by atoms with Gasteiger partial charge in [-0.3, -0.25) is 9.59 Å². The number of rotatable bonds is 3. The van der Waals surface area contributed by atoms with Crippen LogP contribution in [0.1, 0.15) is 12.0 Å². The molecule has 0 spiro atoms. The van der Waals surface area contributed by atoms with Crippen molar-refractivity contribution >= 4 is 42.0 Å². The van der Waals surface area contributed by atoms with Crippen molar-refractivity contribution in [3.63, 3.8) is 0 Å². The predicted molar refractivity (Wildman–Crippen MR) is 80.1 cm³/mol. The van der Waals surface area contributed by atoms with E-state index in [0.29, 0.717) is 18.0 Å². The molecular weight excluding hydrogens is 301 g/mol. The highest BCUT2D eigenvalue weighted by Gasteiger charge is 2.29. The summed E-state index contributed by atoms with van der Waals surface area (Å²) in [6, 6.07) is 7.23. The van der Waals surface area contributed by atoms with Gasteiger partial charge in [-0.2, -0.15) is 0 Å². The predicted octanol–water partition coefficient (Wildman–Crippen LogP) is 2.71. The molecule has 1 unspecified atom stereocenters. The number of carbonyl (C=O) groups is 2. The molecule has 1 aromatic rings. The first-order chi connectivity index (χ1) is 9.08. The Bertz CT molecular complexity index is 531. The maximum absolute atomic E-state index is 11.9. The van der Waals surface area contributed by atoms with Gasteiger partial charge in [0.2, 0.25) is 5.91 Å². The van der Waals surface area contributed by atoms with Crippen LogP contribution in [-0.4, -0.2) is 35.0 Å². The van der Waals surface area contributed by atoms with Gasteiger partial charge in [-0.15, -0.1) is 12.4 Å². The molecule has 1 fully saturated rings. The van der Waals surface area contributed by atoms with Crippen molar-refractivity contribution in [1.29, 1.82) is 0 Å². The van der Waals surface area contributed by atoms with E-state index in [-0.39, 0.29) is 24.9 Å². The van der Waals surface area contributed by atoms with Gasteiger partial charge in [-0.1, -0.05) is 29.8 Å². The SMILES string of the molecule is Cl.O=C(O)C1CCN(C(=O)/C=C/c2ccccc2Cl)C1. The molecule has 1 aromatic carbocycles. The third-order valence-electron chi connectivity index (χ3n) is 3.16. The van der Waals surface area contributed by atoms with Crippen LogP contribution in [-0.2, 0) is 9.59 Å². The number of halogens is 2. The van der Waals surface area contributed by atoms with E-state index >= 15 is 0 Å². The Morgan fingerprint density at radius 3 is 2.65 bits per heavy atom. The second-order valence-corrected chi connectivity index (χ2v) is 4.87. The highest BCUT2D eigenvalue weighted by molar-refractivity contribution is 6.32. The van der Waals surface area contributed by atoms with Crippen LogP contribution in [0.2, 0.25) is 5.02 Å². The minimum atomic E-state index is -0.842. The molecule has 0 aliphatic carbocycles. The number of benzene rings is 1. The van der Waals surface area contributed by atoms with Crippen LogP contribution in [0.4, 0.5) is 0 Å². The zero-order valence-corrected chi connectivity index (χ0v) is 12.2. The van der Waals surface area contributed by atoms with Gasteiger partial charge in [-0.25, -0.2) is 0 Å². The molecule has 0 aromatic heterocycles. The summed E-state index contributed by atoms with van der Waals surface area (Å²) in [6.07, 6.45) is 3.60. The van der Waals surface area contributed by atoms with Crippen molar-refractivity contribution in [2.24, 2.45) is 5.92 Å². The molecule has 1 heterocycles. The molecule has 108 valence electrons. The lowest BCUT2D eigenvalue weighted by Gasteiger charge is -2.12. The summed E-state index contributed by atoms with van der Waals surface area (Å²) in [6.45, 7) is 0.768. The molecule has 20 heavy (non-hydrogen) atoms. The first kappa shape index (κ1) is 16.5. The molecule has 4 nitrogen and oxygen atoms in total. The van der Waals surface area contributed by atoms with Crippen molar-refractivity contribution in [2.45, 2.75) is 6.42 Å². The maximum atomic E-state index is 11.9. The Morgan fingerprint density at radius 1 is 1.35 bits per heavy atom. The van der Waals surface area contributed by atoms with Crippen LogP contribution in [0.15, 0.2) is 30.3 Å². The van der Waals surface area contributed by atoms with Crippen molar-refractivity contribution in [3.05, 3.63) is 40.9 Å². The molecule has 0 saturated carbocycles. The minimum absolute atomic E-state index is 0. The lowest BCUT2D eigenvalue weighted by Crippen LogP contribution is -2.28. The fraction of sp³-hybridized carbons (Fsp3) is 0.286. The molecule has 2 rings (SSSR count).